The standard InChI is InChI=1S/C12H25N3/c1-13-12(6-4-3-5-7-12)15-10-8-14(2)9-11-15/h13H,3-11H2,1-2H3. The van der Waals surface area contributed by atoms with Crippen LogP contribution in [0.25, 0.3) is 0 Å². The lowest BCUT2D eigenvalue weighted by molar-refractivity contribution is -0.00520. The molecule has 88 valence electrons. The van der Waals surface area contributed by atoms with Gasteiger partial charge in [0.05, 0.1) is 5.66 Å². The fourth-order valence-electron chi connectivity index (χ4n) is 3.10. The molecule has 3 heteroatoms. The van der Waals surface area contributed by atoms with Gasteiger partial charge in [-0.3, -0.25) is 4.90 Å². The number of hydrogen-bond acceptors (Lipinski definition) is 3. The molecule has 0 spiro atoms. The molecule has 0 aromatic carbocycles. The third-order valence-electron chi connectivity index (χ3n) is 4.25. The number of likely N-dealkylation sites (N-methyl/N-ethyl adjacent to an activating group) is 1. The van der Waals surface area contributed by atoms with Crippen molar-refractivity contribution in [3.8, 4) is 0 Å². The van der Waals surface area contributed by atoms with Crippen molar-refractivity contribution in [2.75, 3.05) is 40.3 Å². The number of piperazine rings is 1. The van der Waals surface area contributed by atoms with Crippen molar-refractivity contribution < 1.29 is 0 Å². The van der Waals surface area contributed by atoms with E-state index < -0.39 is 0 Å². The maximum Gasteiger partial charge on any atom is 0.0710 e. The largest absolute Gasteiger partial charge is 0.304 e. The quantitative estimate of drug-likeness (QED) is 0.738. The molecule has 1 saturated carbocycles. The molecule has 0 atom stereocenters. The Balaban J connectivity index is 1.98. The summed E-state index contributed by atoms with van der Waals surface area (Å²) < 4.78 is 0. The van der Waals surface area contributed by atoms with Crippen LogP contribution in [0.3, 0.4) is 0 Å². The normalized spacial score (nSPS) is 29.2. The van der Waals surface area contributed by atoms with Gasteiger partial charge in [0.15, 0.2) is 0 Å². The van der Waals surface area contributed by atoms with Crippen LogP contribution >= 0.6 is 0 Å². The van der Waals surface area contributed by atoms with Gasteiger partial charge in [0.1, 0.15) is 0 Å². The summed E-state index contributed by atoms with van der Waals surface area (Å²) in [4.78, 5) is 5.12. The molecule has 1 aliphatic heterocycles. The summed E-state index contributed by atoms with van der Waals surface area (Å²) in [6.07, 6.45) is 6.90. The van der Waals surface area contributed by atoms with E-state index in [1.54, 1.807) is 0 Å². The molecule has 0 amide bonds. The molecule has 0 radical (unpaired) electrons. The van der Waals surface area contributed by atoms with E-state index in [4.69, 9.17) is 0 Å². The number of nitrogens with zero attached hydrogens (tertiary/aromatic N) is 2. The molecule has 2 fully saturated rings. The predicted octanol–water partition coefficient (Wildman–Crippen LogP) is 1.11. The second kappa shape index (κ2) is 4.81. The third kappa shape index (κ3) is 2.35. The van der Waals surface area contributed by atoms with E-state index in [2.05, 4.69) is 29.2 Å². The zero-order chi connectivity index (χ0) is 10.7. The molecule has 2 rings (SSSR count). The second-order valence-electron chi connectivity index (χ2n) is 5.13. The summed E-state index contributed by atoms with van der Waals surface area (Å²) in [6, 6.07) is 0. The Bertz CT molecular complexity index is 191. The molecule has 3 nitrogen and oxygen atoms in total. The molecular weight excluding hydrogens is 186 g/mol. The zero-order valence-electron chi connectivity index (χ0n) is 10.3. The molecule has 1 aliphatic carbocycles. The van der Waals surface area contributed by atoms with Crippen molar-refractivity contribution in [1.82, 2.24) is 15.1 Å². The van der Waals surface area contributed by atoms with E-state index in [1.807, 2.05) is 0 Å². The molecule has 15 heavy (non-hydrogen) atoms. The van der Waals surface area contributed by atoms with Crippen molar-refractivity contribution in [3.63, 3.8) is 0 Å². The van der Waals surface area contributed by atoms with Crippen molar-refractivity contribution in [2.45, 2.75) is 37.8 Å². The Morgan fingerprint density at radius 2 is 1.53 bits per heavy atom. The first-order chi connectivity index (χ1) is 7.27. The zero-order valence-corrected chi connectivity index (χ0v) is 10.3. The topological polar surface area (TPSA) is 18.5 Å². The van der Waals surface area contributed by atoms with E-state index in [0.717, 1.165) is 0 Å². The van der Waals surface area contributed by atoms with E-state index in [-0.39, 0.29) is 0 Å². The molecule has 0 unspecified atom stereocenters. The lowest BCUT2D eigenvalue weighted by Gasteiger charge is -2.49. The van der Waals surface area contributed by atoms with Gasteiger partial charge < -0.3 is 10.2 Å². The van der Waals surface area contributed by atoms with Crippen molar-refractivity contribution in [1.29, 1.82) is 0 Å². The van der Waals surface area contributed by atoms with Crippen LogP contribution in [-0.4, -0.2) is 55.7 Å². The average Bonchev–Trinajstić information content (AvgIpc) is 2.31. The Labute approximate surface area is 93.8 Å². The summed E-state index contributed by atoms with van der Waals surface area (Å²) in [5.74, 6) is 0. The lowest BCUT2D eigenvalue weighted by Crippen LogP contribution is -2.63. The Hall–Kier alpha value is -0.120. The average molecular weight is 211 g/mol. The maximum absolute atomic E-state index is 3.61. The Morgan fingerprint density at radius 1 is 0.933 bits per heavy atom. The highest BCUT2D eigenvalue weighted by molar-refractivity contribution is 4.91. The molecule has 0 aromatic heterocycles. The first-order valence-electron chi connectivity index (χ1n) is 6.39. The summed E-state index contributed by atoms with van der Waals surface area (Å²) in [6.45, 7) is 4.92. The molecular formula is C12H25N3. The molecule has 1 N–H and O–H groups in total. The van der Waals surface area contributed by atoms with Gasteiger partial charge in [0, 0.05) is 26.2 Å². The first-order valence-corrected chi connectivity index (χ1v) is 6.39. The minimum atomic E-state index is 0.333. The number of nitrogens with one attached hydrogen (secondary N) is 1. The van der Waals surface area contributed by atoms with Crippen LogP contribution in [0, 0.1) is 0 Å². The van der Waals surface area contributed by atoms with Crippen molar-refractivity contribution >= 4 is 0 Å². The fourth-order valence-corrected chi connectivity index (χ4v) is 3.10. The van der Waals surface area contributed by atoms with E-state index >= 15 is 0 Å². The highest BCUT2D eigenvalue weighted by Crippen LogP contribution is 2.31. The molecule has 0 bridgehead atoms. The van der Waals surface area contributed by atoms with Gasteiger partial charge in [-0.1, -0.05) is 19.3 Å². The Morgan fingerprint density at radius 3 is 2.07 bits per heavy atom. The van der Waals surface area contributed by atoms with Gasteiger partial charge >= 0.3 is 0 Å². The smallest absolute Gasteiger partial charge is 0.0710 e. The van der Waals surface area contributed by atoms with Crippen LogP contribution in [0.4, 0.5) is 0 Å². The lowest BCUT2D eigenvalue weighted by atomic mass is 9.87. The predicted molar refractivity (Wildman–Crippen MR) is 63.9 cm³/mol. The Kier molecular flexibility index (Phi) is 3.65. The van der Waals surface area contributed by atoms with Crippen LogP contribution < -0.4 is 5.32 Å². The van der Waals surface area contributed by atoms with E-state index in [0.29, 0.717) is 5.66 Å². The van der Waals surface area contributed by atoms with Crippen molar-refractivity contribution in [2.24, 2.45) is 0 Å². The molecule has 0 aromatic rings. The van der Waals surface area contributed by atoms with Gasteiger partial charge in [0.2, 0.25) is 0 Å². The minimum absolute atomic E-state index is 0.333. The van der Waals surface area contributed by atoms with Crippen LogP contribution in [0.15, 0.2) is 0 Å². The third-order valence-corrected chi connectivity index (χ3v) is 4.25. The van der Waals surface area contributed by atoms with E-state index in [9.17, 15) is 0 Å². The van der Waals surface area contributed by atoms with Crippen LogP contribution in [0.2, 0.25) is 0 Å². The van der Waals surface area contributed by atoms with Crippen LogP contribution in [0.5, 0.6) is 0 Å². The molecule has 1 heterocycles. The summed E-state index contributed by atoms with van der Waals surface area (Å²) in [7, 11) is 4.37. The van der Waals surface area contributed by atoms with Gasteiger partial charge in [-0.25, -0.2) is 0 Å². The first kappa shape index (κ1) is 11.4. The molecule has 2 aliphatic rings. The highest BCUT2D eigenvalue weighted by Gasteiger charge is 2.37. The molecule has 1 saturated heterocycles. The van der Waals surface area contributed by atoms with Crippen LogP contribution in [0.1, 0.15) is 32.1 Å². The summed E-state index contributed by atoms with van der Waals surface area (Å²) in [5.41, 5.74) is 0.333. The fraction of sp³-hybridized carbons (Fsp3) is 1.00. The van der Waals surface area contributed by atoms with Gasteiger partial charge in [-0.2, -0.15) is 0 Å². The van der Waals surface area contributed by atoms with Crippen LogP contribution in [-0.2, 0) is 0 Å². The number of hydrogen-bond donors (Lipinski definition) is 1. The van der Waals surface area contributed by atoms with Gasteiger partial charge in [0.25, 0.3) is 0 Å². The van der Waals surface area contributed by atoms with Gasteiger partial charge in [-0.15, -0.1) is 0 Å². The summed E-state index contributed by atoms with van der Waals surface area (Å²) >= 11 is 0. The monoisotopic (exact) mass is 211 g/mol. The minimum Gasteiger partial charge on any atom is -0.304 e. The SMILES string of the molecule is CNC1(N2CCN(C)CC2)CCCCC1. The highest BCUT2D eigenvalue weighted by atomic mass is 15.4. The number of rotatable bonds is 2. The second-order valence-corrected chi connectivity index (χ2v) is 5.13. The maximum atomic E-state index is 3.61. The summed E-state index contributed by atoms with van der Waals surface area (Å²) in [5, 5.41) is 3.61. The van der Waals surface area contributed by atoms with Crippen molar-refractivity contribution in [3.05, 3.63) is 0 Å². The van der Waals surface area contributed by atoms with E-state index in [1.165, 1.54) is 58.3 Å². The van der Waals surface area contributed by atoms with Gasteiger partial charge in [-0.05, 0) is 26.9 Å².